The summed E-state index contributed by atoms with van der Waals surface area (Å²) < 4.78 is 13.1. The van der Waals surface area contributed by atoms with E-state index in [1.165, 1.54) is 12.1 Å². The summed E-state index contributed by atoms with van der Waals surface area (Å²) in [6.45, 7) is 7.57. The van der Waals surface area contributed by atoms with Crippen LogP contribution in [0.1, 0.15) is 27.2 Å². The molecule has 0 fully saturated rings. The first-order chi connectivity index (χ1) is 8.42. The molecule has 4 heteroatoms. The lowest BCUT2D eigenvalue weighted by Gasteiger charge is -2.21. The molecule has 0 amide bonds. The Kier molecular flexibility index (Phi) is 3.95. The number of hydrogen-bond acceptors (Lipinski definition) is 3. The van der Waals surface area contributed by atoms with Gasteiger partial charge in [0.05, 0.1) is 6.54 Å². The van der Waals surface area contributed by atoms with Gasteiger partial charge in [-0.15, -0.1) is 0 Å². The van der Waals surface area contributed by atoms with Crippen molar-refractivity contribution in [2.24, 2.45) is 10.4 Å². The maximum Gasteiger partial charge on any atom is 0.161 e. The highest BCUT2D eigenvalue weighted by atomic mass is 32.2. The number of anilines is 1. The third-order valence-corrected chi connectivity index (χ3v) is 3.74. The standard InChI is InChI=1S/C14H19FN2S/c1-14(2,3)8-12-9-16-13(18-12)17-11-6-4-5-10(15)7-11/h4-7,12H,8-9H2,1-3H3,(H,16,17). The first-order valence-electron chi connectivity index (χ1n) is 6.16. The predicted molar refractivity (Wildman–Crippen MR) is 77.8 cm³/mol. The number of amidine groups is 1. The van der Waals surface area contributed by atoms with Gasteiger partial charge in [0.1, 0.15) is 5.82 Å². The second-order valence-corrected chi connectivity index (χ2v) is 7.07. The molecule has 18 heavy (non-hydrogen) atoms. The maximum atomic E-state index is 13.1. The monoisotopic (exact) mass is 266 g/mol. The van der Waals surface area contributed by atoms with Gasteiger partial charge in [0.25, 0.3) is 0 Å². The lowest BCUT2D eigenvalue weighted by molar-refractivity contribution is 0.375. The van der Waals surface area contributed by atoms with E-state index >= 15 is 0 Å². The van der Waals surface area contributed by atoms with Crippen LogP contribution in [0.15, 0.2) is 29.3 Å². The molecule has 1 unspecified atom stereocenters. The molecule has 1 atom stereocenters. The highest BCUT2D eigenvalue weighted by Crippen LogP contribution is 2.32. The average molecular weight is 266 g/mol. The minimum atomic E-state index is -0.227. The van der Waals surface area contributed by atoms with Crippen LogP contribution in [-0.2, 0) is 0 Å². The first kappa shape index (κ1) is 13.4. The summed E-state index contributed by atoms with van der Waals surface area (Å²) in [5.41, 5.74) is 1.08. The molecule has 0 spiro atoms. The fourth-order valence-corrected chi connectivity index (χ4v) is 3.34. The Labute approximate surface area is 112 Å². The second kappa shape index (κ2) is 5.31. The van der Waals surface area contributed by atoms with Gasteiger partial charge in [0.15, 0.2) is 5.17 Å². The van der Waals surface area contributed by atoms with Crippen molar-refractivity contribution in [3.8, 4) is 0 Å². The average Bonchev–Trinajstić information content (AvgIpc) is 2.62. The van der Waals surface area contributed by atoms with E-state index in [-0.39, 0.29) is 5.82 Å². The van der Waals surface area contributed by atoms with Crippen molar-refractivity contribution in [3.63, 3.8) is 0 Å². The highest BCUT2D eigenvalue weighted by molar-refractivity contribution is 8.15. The summed E-state index contributed by atoms with van der Waals surface area (Å²) in [5, 5.41) is 4.60. The molecular formula is C14H19FN2S. The van der Waals surface area contributed by atoms with E-state index < -0.39 is 0 Å². The van der Waals surface area contributed by atoms with E-state index in [4.69, 9.17) is 0 Å². The molecule has 1 aromatic carbocycles. The van der Waals surface area contributed by atoms with Crippen LogP contribution in [0.3, 0.4) is 0 Å². The van der Waals surface area contributed by atoms with Crippen molar-refractivity contribution in [3.05, 3.63) is 30.1 Å². The maximum absolute atomic E-state index is 13.1. The number of benzene rings is 1. The van der Waals surface area contributed by atoms with E-state index in [1.807, 2.05) is 6.07 Å². The Hall–Kier alpha value is -1.03. The van der Waals surface area contributed by atoms with Crippen molar-refractivity contribution in [2.75, 3.05) is 11.9 Å². The molecule has 1 N–H and O–H groups in total. The van der Waals surface area contributed by atoms with E-state index in [0.29, 0.717) is 10.7 Å². The van der Waals surface area contributed by atoms with Crippen molar-refractivity contribution in [1.82, 2.24) is 0 Å². The fourth-order valence-electron chi connectivity index (χ4n) is 1.97. The predicted octanol–water partition coefficient (Wildman–Crippen LogP) is 4.15. The molecular weight excluding hydrogens is 247 g/mol. The Bertz CT molecular complexity index is 451. The van der Waals surface area contributed by atoms with Gasteiger partial charge >= 0.3 is 0 Å². The third-order valence-electron chi connectivity index (χ3n) is 2.63. The summed E-state index contributed by atoms with van der Waals surface area (Å²) in [7, 11) is 0. The second-order valence-electron chi connectivity index (χ2n) is 5.79. The SMILES string of the molecule is CC(C)(C)CC1CN=C(Nc2cccc(F)c2)S1. The molecule has 1 aliphatic rings. The summed E-state index contributed by atoms with van der Waals surface area (Å²) in [6.07, 6.45) is 1.13. The number of thioether (sulfide) groups is 1. The van der Waals surface area contributed by atoms with Crippen LogP contribution >= 0.6 is 11.8 Å². The molecule has 2 rings (SSSR count). The van der Waals surface area contributed by atoms with E-state index in [2.05, 4.69) is 31.1 Å². The van der Waals surface area contributed by atoms with Gasteiger partial charge in [-0.1, -0.05) is 38.6 Å². The van der Waals surface area contributed by atoms with Crippen molar-refractivity contribution in [2.45, 2.75) is 32.4 Å². The lowest BCUT2D eigenvalue weighted by Crippen LogP contribution is -2.16. The minimum Gasteiger partial charge on any atom is -0.335 e. The van der Waals surface area contributed by atoms with Gasteiger partial charge < -0.3 is 5.32 Å². The van der Waals surface area contributed by atoms with Crippen LogP contribution in [0.4, 0.5) is 10.1 Å². The molecule has 2 nitrogen and oxygen atoms in total. The van der Waals surface area contributed by atoms with Crippen LogP contribution < -0.4 is 5.32 Å². The van der Waals surface area contributed by atoms with Gasteiger partial charge in [0, 0.05) is 10.9 Å². The Morgan fingerprint density at radius 3 is 2.89 bits per heavy atom. The Balaban J connectivity index is 1.90. The fraction of sp³-hybridized carbons (Fsp3) is 0.500. The number of hydrogen-bond donors (Lipinski definition) is 1. The van der Waals surface area contributed by atoms with Crippen molar-refractivity contribution in [1.29, 1.82) is 0 Å². The van der Waals surface area contributed by atoms with Crippen LogP contribution in [0.2, 0.25) is 0 Å². The molecule has 1 aromatic rings. The molecule has 0 aliphatic carbocycles. The van der Waals surface area contributed by atoms with Crippen LogP contribution in [0.25, 0.3) is 0 Å². The summed E-state index contributed by atoms with van der Waals surface area (Å²) in [5.74, 6) is -0.227. The number of halogens is 1. The molecule has 1 aliphatic heterocycles. The van der Waals surface area contributed by atoms with Gasteiger partial charge in [-0.3, -0.25) is 4.99 Å². The van der Waals surface area contributed by atoms with Gasteiger partial charge in [0.2, 0.25) is 0 Å². The topological polar surface area (TPSA) is 24.4 Å². The first-order valence-corrected chi connectivity index (χ1v) is 7.04. The van der Waals surface area contributed by atoms with Crippen LogP contribution in [0.5, 0.6) is 0 Å². The molecule has 1 heterocycles. The van der Waals surface area contributed by atoms with Gasteiger partial charge in [-0.2, -0.15) is 0 Å². The molecule has 0 radical (unpaired) electrons. The zero-order valence-electron chi connectivity index (χ0n) is 11.0. The lowest BCUT2D eigenvalue weighted by atomic mass is 9.90. The highest BCUT2D eigenvalue weighted by Gasteiger charge is 2.24. The molecule has 0 saturated carbocycles. The molecule has 98 valence electrons. The van der Waals surface area contributed by atoms with Crippen molar-refractivity contribution >= 4 is 22.6 Å². The summed E-state index contributed by atoms with van der Waals surface area (Å²) in [6, 6.07) is 6.48. The van der Waals surface area contributed by atoms with Crippen molar-refractivity contribution < 1.29 is 4.39 Å². The number of aliphatic imine (C=N–C) groups is 1. The van der Waals surface area contributed by atoms with E-state index in [1.54, 1.807) is 17.8 Å². The molecule has 0 saturated heterocycles. The van der Waals surface area contributed by atoms with Gasteiger partial charge in [-0.25, -0.2) is 4.39 Å². The molecule has 0 bridgehead atoms. The zero-order valence-corrected chi connectivity index (χ0v) is 11.9. The number of nitrogens with zero attached hydrogens (tertiary/aromatic N) is 1. The minimum absolute atomic E-state index is 0.227. The quantitative estimate of drug-likeness (QED) is 0.869. The Morgan fingerprint density at radius 1 is 1.44 bits per heavy atom. The summed E-state index contributed by atoms with van der Waals surface area (Å²) >= 11 is 1.75. The molecule has 0 aromatic heterocycles. The summed E-state index contributed by atoms with van der Waals surface area (Å²) in [4.78, 5) is 4.47. The number of nitrogens with one attached hydrogen (secondary N) is 1. The Morgan fingerprint density at radius 2 is 2.22 bits per heavy atom. The van der Waals surface area contributed by atoms with Gasteiger partial charge in [-0.05, 0) is 30.0 Å². The van der Waals surface area contributed by atoms with E-state index in [9.17, 15) is 4.39 Å². The zero-order chi connectivity index (χ0) is 13.2. The normalized spacial score (nSPS) is 19.8. The smallest absolute Gasteiger partial charge is 0.161 e. The van der Waals surface area contributed by atoms with E-state index in [0.717, 1.165) is 23.8 Å². The van der Waals surface area contributed by atoms with Crippen LogP contribution in [-0.4, -0.2) is 17.0 Å². The number of rotatable bonds is 2. The van der Waals surface area contributed by atoms with Crippen LogP contribution in [0, 0.1) is 11.2 Å². The third kappa shape index (κ3) is 4.02. The largest absolute Gasteiger partial charge is 0.335 e.